The lowest BCUT2D eigenvalue weighted by atomic mass is 10.4. The fourth-order valence-electron chi connectivity index (χ4n) is 0.588. The summed E-state index contributed by atoms with van der Waals surface area (Å²) in [6.07, 6.45) is 1.51. The molecule has 4 heteroatoms. The Morgan fingerprint density at radius 2 is 2.08 bits per heavy atom. The van der Waals surface area contributed by atoms with E-state index in [9.17, 15) is 9.59 Å². The van der Waals surface area contributed by atoms with Crippen molar-refractivity contribution in [1.29, 1.82) is 0 Å². The van der Waals surface area contributed by atoms with Crippen LogP contribution in [0.3, 0.4) is 0 Å². The summed E-state index contributed by atoms with van der Waals surface area (Å²) in [6.45, 7) is 3.65. The summed E-state index contributed by atoms with van der Waals surface area (Å²) in [7, 11) is 3.36. The molecule has 0 heterocycles. The molecule has 0 rings (SSSR count). The zero-order valence-electron chi connectivity index (χ0n) is 7.46. The number of rotatable bonds is 4. The van der Waals surface area contributed by atoms with Gasteiger partial charge in [-0.05, 0) is 6.08 Å². The maximum Gasteiger partial charge on any atom is 0.243 e. The number of carbonyl (C=O) groups is 2. The van der Waals surface area contributed by atoms with Gasteiger partial charge in [0.2, 0.25) is 11.8 Å². The van der Waals surface area contributed by atoms with E-state index in [4.69, 9.17) is 0 Å². The largest absolute Gasteiger partial charge is 0.352 e. The number of nitrogens with one attached hydrogen (secondary N) is 1. The van der Waals surface area contributed by atoms with Gasteiger partial charge >= 0.3 is 0 Å². The SMILES string of the molecule is C=CC(=O)NCCC(=O)N(C)C. The highest BCUT2D eigenvalue weighted by atomic mass is 16.2. The minimum atomic E-state index is -0.249. The smallest absolute Gasteiger partial charge is 0.243 e. The molecule has 0 fully saturated rings. The molecule has 0 aromatic heterocycles. The first-order valence-electron chi connectivity index (χ1n) is 3.68. The predicted molar refractivity (Wildman–Crippen MR) is 46.5 cm³/mol. The van der Waals surface area contributed by atoms with Crippen molar-refractivity contribution in [2.75, 3.05) is 20.6 Å². The second-order valence-corrected chi connectivity index (χ2v) is 2.53. The molecule has 0 aliphatic carbocycles. The van der Waals surface area contributed by atoms with Gasteiger partial charge in [0.15, 0.2) is 0 Å². The van der Waals surface area contributed by atoms with Crippen LogP contribution in [-0.4, -0.2) is 37.4 Å². The van der Waals surface area contributed by atoms with E-state index in [-0.39, 0.29) is 11.8 Å². The van der Waals surface area contributed by atoms with Gasteiger partial charge in [-0.2, -0.15) is 0 Å². The molecular formula is C8H14N2O2. The Bertz CT molecular complexity index is 187. The zero-order chi connectivity index (χ0) is 9.56. The highest BCUT2D eigenvalue weighted by molar-refractivity contribution is 5.87. The molecule has 0 unspecified atom stereocenters. The average molecular weight is 170 g/mol. The molecule has 2 amide bonds. The van der Waals surface area contributed by atoms with Crippen LogP contribution in [0.5, 0.6) is 0 Å². The number of amides is 2. The van der Waals surface area contributed by atoms with Crippen LogP contribution in [0.4, 0.5) is 0 Å². The van der Waals surface area contributed by atoms with Crippen LogP contribution in [0, 0.1) is 0 Å². The lowest BCUT2D eigenvalue weighted by Crippen LogP contribution is -2.29. The van der Waals surface area contributed by atoms with E-state index in [0.717, 1.165) is 0 Å². The van der Waals surface area contributed by atoms with Gasteiger partial charge in [-0.3, -0.25) is 9.59 Å². The van der Waals surface area contributed by atoms with Gasteiger partial charge in [0.1, 0.15) is 0 Å². The second kappa shape index (κ2) is 5.35. The third kappa shape index (κ3) is 4.49. The van der Waals surface area contributed by atoms with Crippen molar-refractivity contribution in [3.05, 3.63) is 12.7 Å². The van der Waals surface area contributed by atoms with Gasteiger partial charge in [0.05, 0.1) is 0 Å². The lowest BCUT2D eigenvalue weighted by Gasteiger charge is -2.09. The van der Waals surface area contributed by atoms with Crippen molar-refractivity contribution in [2.24, 2.45) is 0 Å². The van der Waals surface area contributed by atoms with E-state index >= 15 is 0 Å². The van der Waals surface area contributed by atoms with E-state index in [0.29, 0.717) is 13.0 Å². The molecule has 0 aromatic carbocycles. The molecule has 0 saturated heterocycles. The van der Waals surface area contributed by atoms with Gasteiger partial charge in [0.25, 0.3) is 0 Å². The number of carbonyl (C=O) groups excluding carboxylic acids is 2. The van der Waals surface area contributed by atoms with Crippen LogP contribution in [0.25, 0.3) is 0 Å². The van der Waals surface area contributed by atoms with E-state index in [2.05, 4.69) is 11.9 Å². The van der Waals surface area contributed by atoms with Gasteiger partial charge in [-0.1, -0.05) is 6.58 Å². The first-order valence-corrected chi connectivity index (χ1v) is 3.68. The summed E-state index contributed by atoms with van der Waals surface area (Å²) in [4.78, 5) is 23.1. The van der Waals surface area contributed by atoms with Crippen LogP contribution in [0.2, 0.25) is 0 Å². The molecule has 0 saturated carbocycles. The molecule has 0 spiro atoms. The molecule has 4 nitrogen and oxygen atoms in total. The first kappa shape index (κ1) is 10.7. The van der Waals surface area contributed by atoms with Crippen LogP contribution < -0.4 is 5.32 Å². The third-order valence-corrected chi connectivity index (χ3v) is 1.32. The standard InChI is InChI=1S/C8H14N2O2/c1-4-7(11)9-6-5-8(12)10(2)3/h4H,1,5-6H2,2-3H3,(H,9,11). The quantitative estimate of drug-likeness (QED) is 0.592. The summed E-state index contributed by atoms with van der Waals surface area (Å²) in [5.41, 5.74) is 0. The van der Waals surface area contributed by atoms with Gasteiger partial charge in [-0.25, -0.2) is 0 Å². The zero-order valence-corrected chi connectivity index (χ0v) is 7.46. The normalized spacial score (nSPS) is 8.83. The molecule has 68 valence electrons. The molecule has 0 aromatic rings. The van der Waals surface area contributed by atoms with E-state index in [1.165, 1.54) is 11.0 Å². The molecule has 0 radical (unpaired) electrons. The van der Waals surface area contributed by atoms with Crippen LogP contribution >= 0.6 is 0 Å². The molecule has 0 bridgehead atoms. The fourth-order valence-corrected chi connectivity index (χ4v) is 0.588. The Morgan fingerprint density at radius 3 is 2.50 bits per heavy atom. The van der Waals surface area contributed by atoms with Crippen LogP contribution in [-0.2, 0) is 9.59 Å². The molecule has 0 aliphatic heterocycles. The number of hydrogen-bond acceptors (Lipinski definition) is 2. The maximum absolute atomic E-state index is 11.0. The van der Waals surface area contributed by atoms with E-state index in [1.54, 1.807) is 14.1 Å². The lowest BCUT2D eigenvalue weighted by molar-refractivity contribution is -0.128. The Labute approximate surface area is 72.2 Å². The Morgan fingerprint density at radius 1 is 1.50 bits per heavy atom. The molecule has 0 aliphatic rings. The topological polar surface area (TPSA) is 49.4 Å². The monoisotopic (exact) mass is 170 g/mol. The van der Waals surface area contributed by atoms with Crippen molar-refractivity contribution >= 4 is 11.8 Å². The highest BCUT2D eigenvalue weighted by Crippen LogP contribution is 1.84. The highest BCUT2D eigenvalue weighted by Gasteiger charge is 2.02. The average Bonchev–Trinajstić information content (AvgIpc) is 2.03. The van der Waals surface area contributed by atoms with E-state index < -0.39 is 0 Å². The summed E-state index contributed by atoms with van der Waals surface area (Å²) in [6, 6.07) is 0. The van der Waals surface area contributed by atoms with Crippen molar-refractivity contribution in [3.63, 3.8) is 0 Å². The van der Waals surface area contributed by atoms with Crippen LogP contribution in [0.1, 0.15) is 6.42 Å². The van der Waals surface area contributed by atoms with Crippen LogP contribution in [0.15, 0.2) is 12.7 Å². The van der Waals surface area contributed by atoms with Crippen molar-refractivity contribution in [3.8, 4) is 0 Å². The Hall–Kier alpha value is -1.32. The molecule has 12 heavy (non-hydrogen) atoms. The predicted octanol–water partition coefficient (Wildman–Crippen LogP) is -0.233. The number of nitrogens with zero attached hydrogens (tertiary/aromatic N) is 1. The summed E-state index contributed by atoms with van der Waals surface area (Å²) in [5.74, 6) is -0.249. The summed E-state index contributed by atoms with van der Waals surface area (Å²) in [5, 5.41) is 2.51. The molecule has 1 N–H and O–H groups in total. The second-order valence-electron chi connectivity index (χ2n) is 2.53. The van der Waals surface area contributed by atoms with Gasteiger partial charge in [-0.15, -0.1) is 0 Å². The van der Waals surface area contributed by atoms with Crippen molar-refractivity contribution in [1.82, 2.24) is 10.2 Å². The van der Waals surface area contributed by atoms with Gasteiger partial charge < -0.3 is 10.2 Å². The van der Waals surface area contributed by atoms with Crippen molar-refractivity contribution in [2.45, 2.75) is 6.42 Å². The number of hydrogen-bond donors (Lipinski definition) is 1. The fraction of sp³-hybridized carbons (Fsp3) is 0.500. The maximum atomic E-state index is 11.0. The van der Waals surface area contributed by atoms with Gasteiger partial charge in [0, 0.05) is 27.1 Å². The minimum Gasteiger partial charge on any atom is -0.352 e. The Balaban J connectivity index is 3.50. The third-order valence-electron chi connectivity index (χ3n) is 1.32. The Kier molecular flexibility index (Phi) is 4.76. The summed E-state index contributed by atoms with van der Waals surface area (Å²) >= 11 is 0. The molecule has 0 atom stereocenters. The molecular weight excluding hydrogens is 156 g/mol. The van der Waals surface area contributed by atoms with E-state index in [1.807, 2.05) is 0 Å². The minimum absolute atomic E-state index is 0.000591. The van der Waals surface area contributed by atoms with Crippen molar-refractivity contribution < 1.29 is 9.59 Å². The first-order chi connectivity index (χ1) is 5.57. The summed E-state index contributed by atoms with van der Waals surface area (Å²) < 4.78 is 0.